The molecule has 1 aliphatic heterocycles. The van der Waals surface area contributed by atoms with Gasteiger partial charge in [-0.2, -0.15) is 0 Å². The van der Waals surface area contributed by atoms with E-state index in [9.17, 15) is 4.79 Å². The van der Waals surface area contributed by atoms with Crippen LogP contribution in [0.2, 0.25) is 0 Å². The fourth-order valence-electron chi connectivity index (χ4n) is 3.00. The summed E-state index contributed by atoms with van der Waals surface area (Å²) >= 11 is 0. The first-order chi connectivity index (χ1) is 14.0. The van der Waals surface area contributed by atoms with Crippen LogP contribution in [0, 0.1) is 0 Å². The average molecular weight is 407 g/mol. The van der Waals surface area contributed by atoms with E-state index in [-0.39, 0.29) is 18.6 Å². The lowest BCUT2D eigenvalue weighted by Crippen LogP contribution is -2.43. The van der Waals surface area contributed by atoms with Gasteiger partial charge in [-0.05, 0) is 43.4 Å². The fraction of sp³-hybridized carbons (Fsp3) is 0.619. The second-order valence-corrected chi connectivity index (χ2v) is 7.19. The van der Waals surface area contributed by atoms with E-state index in [0.717, 1.165) is 31.4 Å². The van der Waals surface area contributed by atoms with Gasteiger partial charge in [0.15, 0.2) is 17.5 Å². The van der Waals surface area contributed by atoms with Crippen molar-refractivity contribution in [2.75, 3.05) is 54.6 Å². The molecule has 1 unspecified atom stereocenters. The quantitative estimate of drug-likeness (QED) is 0.477. The molecule has 1 heterocycles. The van der Waals surface area contributed by atoms with E-state index in [0.29, 0.717) is 30.5 Å². The van der Waals surface area contributed by atoms with Crippen LogP contribution in [0.15, 0.2) is 23.2 Å². The Hall–Kier alpha value is -2.48. The predicted octanol–water partition coefficient (Wildman–Crippen LogP) is 1.44. The first-order valence-corrected chi connectivity index (χ1v) is 10.1. The Morgan fingerprint density at radius 3 is 2.66 bits per heavy atom. The maximum atomic E-state index is 11.9. The van der Waals surface area contributed by atoms with Crippen molar-refractivity contribution in [3.05, 3.63) is 23.8 Å². The van der Waals surface area contributed by atoms with Gasteiger partial charge in [-0.3, -0.25) is 4.79 Å². The molecule has 8 nitrogen and oxygen atoms in total. The van der Waals surface area contributed by atoms with Crippen LogP contribution in [0.1, 0.15) is 24.8 Å². The summed E-state index contributed by atoms with van der Waals surface area (Å²) in [6.07, 6.45) is 4.32. The number of aliphatic imine (C=N–C) groups is 1. The van der Waals surface area contributed by atoms with Gasteiger partial charge in [0, 0.05) is 33.8 Å². The number of hydrogen-bond acceptors (Lipinski definition) is 5. The zero-order valence-corrected chi connectivity index (χ0v) is 18.0. The van der Waals surface area contributed by atoms with Crippen molar-refractivity contribution in [3.8, 4) is 11.5 Å². The molecular formula is C21H34N4O4. The van der Waals surface area contributed by atoms with Crippen LogP contribution in [0.4, 0.5) is 0 Å². The maximum Gasteiger partial charge on any atom is 0.243 e. The Morgan fingerprint density at radius 1 is 1.21 bits per heavy atom. The van der Waals surface area contributed by atoms with Crippen LogP contribution < -0.4 is 20.1 Å². The standard InChI is InChI=1S/C21H34N4O4/c1-25(2)20(26)15-24-21(23-14-17-7-5-6-12-29-17)22-11-10-16-8-9-18(27-3)19(13-16)28-4/h8-9,13,17H,5-7,10-12,14-15H2,1-4H3,(H2,22,23,24). The minimum Gasteiger partial charge on any atom is -0.493 e. The number of nitrogens with one attached hydrogen (secondary N) is 2. The summed E-state index contributed by atoms with van der Waals surface area (Å²) in [5.74, 6) is 2.00. The van der Waals surface area contributed by atoms with Gasteiger partial charge in [0.1, 0.15) is 6.54 Å². The Bertz CT molecular complexity index is 673. The highest BCUT2D eigenvalue weighted by atomic mass is 16.5. The van der Waals surface area contributed by atoms with Crippen molar-refractivity contribution in [2.45, 2.75) is 31.8 Å². The molecule has 1 amide bonds. The molecule has 1 aromatic rings. The number of carbonyl (C=O) groups excluding carboxylic acids is 1. The number of hydrogen-bond donors (Lipinski definition) is 2. The molecule has 1 aliphatic rings. The normalized spacial score (nSPS) is 16.8. The topological polar surface area (TPSA) is 84.4 Å². The molecule has 2 rings (SSSR count). The Morgan fingerprint density at radius 2 is 2.00 bits per heavy atom. The van der Waals surface area contributed by atoms with Crippen LogP contribution in [-0.2, 0) is 16.0 Å². The van der Waals surface area contributed by atoms with E-state index >= 15 is 0 Å². The van der Waals surface area contributed by atoms with E-state index < -0.39 is 0 Å². The minimum absolute atomic E-state index is 0.0418. The van der Waals surface area contributed by atoms with Gasteiger partial charge in [-0.25, -0.2) is 4.99 Å². The van der Waals surface area contributed by atoms with Crippen molar-refractivity contribution < 1.29 is 19.0 Å². The molecule has 1 aromatic carbocycles. The van der Waals surface area contributed by atoms with Gasteiger partial charge in [-0.15, -0.1) is 0 Å². The van der Waals surface area contributed by atoms with Crippen molar-refractivity contribution in [2.24, 2.45) is 4.99 Å². The zero-order valence-electron chi connectivity index (χ0n) is 18.0. The van der Waals surface area contributed by atoms with Gasteiger partial charge < -0.3 is 29.7 Å². The predicted molar refractivity (Wildman–Crippen MR) is 114 cm³/mol. The van der Waals surface area contributed by atoms with E-state index in [1.165, 1.54) is 11.3 Å². The summed E-state index contributed by atoms with van der Waals surface area (Å²) in [5, 5.41) is 6.62. The number of guanidine groups is 1. The highest BCUT2D eigenvalue weighted by Crippen LogP contribution is 2.27. The van der Waals surface area contributed by atoms with Crippen LogP contribution in [-0.4, -0.2) is 77.4 Å². The molecule has 1 atom stereocenters. The summed E-state index contributed by atoms with van der Waals surface area (Å²) in [7, 11) is 6.71. The third-order valence-electron chi connectivity index (χ3n) is 4.80. The monoisotopic (exact) mass is 406 g/mol. The van der Waals surface area contributed by atoms with E-state index in [1.54, 1.807) is 28.3 Å². The van der Waals surface area contributed by atoms with E-state index in [2.05, 4.69) is 15.6 Å². The first kappa shape index (κ1) is 22.8. The third kappa shape index (κ3) is 7.81. The van der Waals surface area contributed by atoms with Crippen LogP contribution >= 0.6 is 0 Å². The lowest BCUT2D eigenvalue weighted by atomic mass is 10.1. The Labute approximate surface area is 173 Å². The smallest absolute Gasteiger partial charge is 0.243 e. The number of amides is 1. The second kappa shape index (κ2) is 12.2. The van der Waals surface area contributed by atoms with Gasteiger partial charge >= 0.3 is 0 Å². The number of ether oxygens (including phenoxy) is 3. The van der Waals surface area contributed by atoms with Crippen LogP contribution in [0.25, 0.3) is 0 Å². The van der Waals surface area contributed by atoms with Crippen molar-refractivity contribution in [1.29, 1.82) is 0 Å². The van der Waals surface area contributed by atoms with Crippen molar-refractivity contribution in [1.82, 2.24) is 15.5 Å². The molecule has 2 N–H and O–H groups in total. The number of rotatable bonds is 9. The largest absolute Gasteiger partial charge is 0.493 e. The van der Waals surface area contributed by atoms with E-state index in [1.807, 2.05) is 18.2 Å². The van der Waals surface area contributed by atoms with Gasteiger partial charge in [0.05, 0.1) is 20.3 Å². The van der Waals surface area contributed by atoms with Gasteiger partial charge in [-0.1, -0.05) is 6.07 Å². The zero-order chi connectivity index (χ0) is 21.1. The highest BCUT2D eigenvalue weighted by Gasteiger charge is 2.14. The lowest BCUT2D eigenvalue weighted by molar-refractivity contribution is -0.127. The van der Waals surface area contributed by atoms with Crippen LogP contribution in [0.5, 0.6) is 11.5 Å². The van der Waals surface area contributed by atoms with E-state index in [4.69, 9.17) is 14.2 Å². The molecule has 162 valence electrons. The summed E-state index contributed by atoms with van der Waals surface area (Å²) in [6, 6.07) is 5.88. The molecule has 29 heavy (non-hydrogen) atoms. The number of likely N-dealkylation sites (N-methyl/N-ethyl adjacent to an activating group) is 1. The molecule has 0 radical (unpaired) electrons. The second-order valence-electron chi connectivity index (χ2n) is 7.19. The first-order valence-electron chi connectivity index (χ1n) is 10.1. The summed E-state index contributed by atoms with van der Waals surface area (Å²) in [6.45, 7) is 2.26. The molecule has 0 aliphatic carbocycles. The van der Waals surface area contributed by atoms with Crippen LogP contribution in [0.3, 0.4) is 0 Å². The summed E-state index contributed by atoms with van der Waals surface area (Å²) in [4.78, 5) is 17.9. The molecule has 0 aromatic heterocycles. The molecule has 1 saturated heterocycles. The van der Waals surface area contributed by atoms with Crippen molar-refractivity contribution in [3.63, 3.8) is 0 Å². The lowest BCUT2D eigenvalue weighted by Gasteiger charge is -2.24. The summed E-state index contributed by atoms with van der Waals surface area (Å²) in [5.41, 5.74) is 1.12. The molecule has 0 spiro atoms. The van der Waals surface area contributed by atoms with Gasteiger partial charge in [0.25, 0.3) is 0 Å². The maximum absolute atomic E-state index is 11.9. The molecule has 0 saturated carbocycles. The Balaban J connectivity index is 1.91. The average Bonchev–Trinajstić information content (AvgIpc) is 2.75. The summed E-state index contributed by atoms with van der Waals surface area (Å²) < 4.78 is 16.4. The van der Waals surface area contributed by atoms with Gasteiger partial charge in [0.2, 0.25) is 5.91 Å². The molecular weight excluding hydrogens is 372 g/mol. The minimum atomic E-state index is -0.0418. The molecule has 1 fully saturated rings. The Kier molecular flexibility index (Phi) is 9.56. The fourth-order valence-corrected chi connectivity index (χ4v) is 3.00. The third-order valence-corrected chi connectivity index (χ3v) is 4.80. The molecule has 0 bridgehead atoms. The number of benzene rings is 1. The number of nitrogens with zero attached hydrogens (tertiary/aromatic N) is 2. The highest BCUT2D eigenvalue weighted by molar-refractivity contribution is 5.84. The number of carbonyl (C=O) groups is 1. The molecule has 8 heteroatoms. The number of methoxy groups -OCH3 is 2. The van der Waals surface area contributed by atoms with Crippen molar-refractivity contribution >= 4 is 11.9 Å². The SMILES string of the molecule is COc1ccc(CCNC(=NCC(=O)N(C)C)NCC2CCCCO2)cc1OC.